The van der Waals surface area contributed by atoms with Crippen LogP contribution in [0.15, 0.2) is 46.9 Å². The zero-order valence-corrected chi connectivity index (χ0v) is 12.2. The van der Waals surface area contributed by atoms with E-state index in [4.69, 9.17) is 16.7 Å². The van der Waals surface area contributed by atoms with Gasteiger partial charge in [-0.1, -0.05) is 39.7 Å². The maximum Gasteiger partial charge on any atom is 0.251 e. The van der Waals surface area contributed by atoms with Crippen LogP contribution >= 0.6 is 27.5 Å². The van der Waals surface area contributed by atoms with Crippen LogP contribution in [-0.2, 0) is 6.54 Å². The molecular formula is C14H11BrClNO2. The number of benzene rings is 2. The monoisotopic (exact) mass is 339 g/mol. The number of aromatic hydroxyl groups is 1. The van der Waals surface area contributed by atoms with Gasteiger partial charge in [0, 0.05) is 21.6 Å². The summed E-state index contributed by atoms with van der Waals surface area (Å²) in [5, 5.41) is 12.5. The van der Waals surface area contributed by atoms with Crippen molar-refractivity contribution in [3.8, 4) is 5.75 Å². The normalized spacial score (nSPS) is 10.2. The van der Waals surface area contributed by atoms with Crippen molar-refractivity contribution in [3.05, 3.63) is 63.1 Å². The molecule has 0 aliphatic carbocycles. The summed E-state index contributed by atoms with van der Waals surface area (Å²) in [6.07, 6.45) is 0. The van der Waals surface area contributed by atoms with Crippen LogP contribution < -0.4 is 5.32 Å². The van der Waals surface area contributed by atoms with Crippen LogP contribution in [0.1, 0.15) is 15.9 Å². The molecule has 0 radical (unpaired) electrons. The lowest BCUT2D eigenvalue weighted by atomic mass is 10.2. The van der Waals surface area contributed by atoms with E-state index < -0.39 is 0 Å². The highest BCUT2D eigenvalue weighted by molar-refractivity contribution is 9.10. The second-order valence-electron chi connectivity index (χ2n) is 4.01. The van der Waals surface area contributed by atoms with E-state index in [0.29, 0.717) is 17.1 Å². The number of hydrogen-bond acceptors (Lipinski definition) is 2. The molecule has 2 N–H and O–H groups in total. The smallest absolute Gasteiger partial charge is 0.251 e. The number of hydrogen-bond donors (Lipinski definition) is 2. The van der Waals surface area contributed by atoms with E-state index in [-0.39, 0.29) is 11.7 Å². The average molecular weight is 341 g/mol. The highest BCUT2D eigenvalue weighted by atomic mass is 79.9. The maximum atomic E-state index is 11.9. The molecule has 98 valence electrons. The van der Waals surface area contributed by atoms with Gasteiger partial charge < -0.3 is 10.4 Å². The van der Waals surface area contributed by atoms with E-state index in [0.717, 1.165) is 10.0 Å². The van der Waals surface area contributed by atoms with Gasteiger partial charge in [-0.15, -0.1) is 0 Å². The van der Waals surface area contributed by atoms with Gasteiger partial charge in [-0.2, -0.15) is 0 Å². The van der Waals surface area contributed by atoms with Crippen LogP contribution in [0.5, 0.6) is 5.75 Å². The van der Waals surface area contributed by atoms with E-state index in [1.165, 1.54) is 0 Å². The SMILES string of the molecule is O=C(NCc1ccc(O)cc1)c1cc(Cl)cc(Br)c1. The van der Waals surface area contributed by atoms with Gasteiger partial charge in [-0.05, 0) is 35.9 Å². The van der Waals surface area contributed by atoms with Crippen LogP contribution in [0.25, 0.3) is 0 Å². The van der Waals surface area contributed by atoms with Gasteiger partial charge in [0.05, 0.1) is 0 Å². The highest BCUT2D eigenvalue weighted by Gasteiger charge is 2.07. The van der Waals surface area contributed by atoms with Crippen molar-refractivity contribution >= 4 is 33.4 Å². The Morgan fingerprint density at radius 3 is 2.53 bits per heavy atom. The summed E-state index contributed by atoms with van der Waals surface area (Å²) in [4.78, 5) is 11.9. The molecule has 0 aliphatic heterocycles. The lowest BCUT2D eigenvalue weighted by Gasteiger charge is -2.06. The van der Waals surface area contributed by atoms with Crippen molar-refractivity contribution < 1.29 is 9.90 Å². The Labute approximate surface area is 124 Å². The summed E-state index contributed by atoms with van der Waals surface area (Å²) in [5.74, 6) is 0.00474. The number of halogens is 2. The first-order valence-corrected chi connectivity index (χ1v) is 6.74. The van der Waals surface area contributed by atoms with Crippen molar-refractivity contribution in [3.63, 3.8) is 0 Å². The Morgan fingerprint density at radius 2 is 1.89 bits per heavy atom. The molecule has 0 bridgehead atoms. The molecule has 0 aliphatic rings. The molecule has 2 aromatic carbocycles. The highest BCUT2D eigenvalue weighted by Crippen LogP contribution is 2.19. The molecule has 5 heteroatoms. The molecule has 1 amide bonds. The van der Waals surface area contributed by atoms with E-state index in [1.54, 1.807) is 42.5 Å². The van der Waals surface area contributed by atoms with Crippen LogP contribution in [-0.4, -0.2) is 11.0 Å². The van der Waals surface area contributed by atoms with Gasteiger partial charge in [0.15, 0.2) is 0 Å². The third kappa shape index (κ3) is 3.98. The van der Waals surface area contributed by atoms with Crippen molar-refractivity contribution in [2.45, 2.75) is 6.54 Å². The molecule has 2 rings (SSSR count). The van der Waals surface area contributed by atoms with Crippen LogP contribution in [0.3, 0.4) is 0 Å². The molecule has 0 fully saturated rings. The predicted molar refractivity (Wildman–Crippen MR) is 78.4 cm³/mol. The number of carbonyl (C=O) groups is 1. The Morgan fingerprint density at radius 1 is 1.21 bits per heavy atom. The van der Waals surface area contributed by atoms with Gasteiger partial charge in [0.25, 0.3) is 5.91 Å². The van der Waals surface area contributed by atoms with E-state index >= 15 is 0 Å². The standard InChI is InChI=1S/C14H11BrClNO2/c15-11-5-10(6-12(16)7-11)14(19)17-8-9-1-3-13(18)4-2-9/h1-7,18H,8H2,(H,17,19). The summed E-state index contributed by atoms with van der Waals surface area (Å²) in [6, 6.07) is 11.7. The maximum absolute atomic E-state index is 11.9. The summed E-state index contributed by atoms with van der Waals surface area (Å²) < 4.78 is 0.759. The number of nitrogens with one attached hydrogen (secondary N) is 1. The van der Waals surface area contributed by atoms with Crippen LogP contribution in [0.4, 0.5) is 0 Å². The summed E-state index contributed by atoms with van der Waals surface area (Å²) in [6.45, 7) is 0.392. The molecule has 3 nitrogen and oxygen atoms in total. The Kier molecular flexibility index (Phi) is 4.45. The average Bonchev–Trinajstić information content (AvgIpc) is 2.36. The largest absolute Gasteiger partial charge is 0.508 e. The van der Waals surface area contributed by atoms with Crippen LogP contribution in [0, 0.1) is 0 Å². The third-order valence-corrected chi connectivity index (χ3v) is 3.19. The first-order valence-electron chi connectivity index (χ1n) is 5.57. The summed E-state index contributed by atoms with van der Waals surface area (Å²) in [7, 11) is 0. The van der Waals surface area contributed by atoms with E-state index in [1.807, 2.05) is 0 Å². The topological polar surface area (TPSA) is 49.3 Å². The lowest BCUT2D eigenvalue weighted by Crippen LogP contribution is -2.22. The first kappa shape index (κ1) is 13.9. The molecule has 0 saturated carbocycles. The summed E-state index contributed by atoms with van der Waals surface area (Å²) >= 11 is 9.18. The van der Waals surface area contributed by atoms with Gasteiger partial charge >= 0.3 is 0 Å². The number of phenolic OH excluding ortho intramolecular Hbond substituents is 1. The lowest BCUT2D eigenvalue weighted by molar-refractivity contribution is 0.0951. The fraction of sp³-hybridized carbons (Fsp3) is 0.0714. The fourth-order valence-electron chi connectivity index (χ4n) is 1.58. The molecule has 0 atom stereocenters. The van der Waals surface area contributed by atoms with E-state index in [9.17, 15) is 4.79 Å². The third-order valence-electron chi connectivity index (χ3n) is 2.51. The van der Waals surface area contributed by atoms with Gasteiger partial charge in [0.2, 0.25) is 0 Å². The van der Waals surface area contributed by atoms with Crippen molar-refractivity contribution in [2.24, 2.45) is 0 Å². The van der Waals surface area contributed by atoms with Crippen LogP contribution in [0.2, 0.25) is 5.02 Å². The Balaban J connectivity index is 2.03. The van der Waals surface area contributed by atoms with Gasteiger partial charge in [0.1, 0.15) is 5.75 Å². The molecule has 19 heavy (non-hydrogen) atoms. The molecule has 0 heterocycles. The minimum atomic E-state index is -0.198. The Bertz CT molecular complexity index is 579. The van der Waals surface area contributed by atoms with Gasteiger partial charge in [-0.25, -0.2) is 0 Å². The van der Waals surface area contributed by atoms with Crippen molar-refractivity contribution in [1.82, 2.24) is 5.32 Å². The van der Waals surface area contributed by atoms with E-state index in [2.05, 4.69) is 21.2 Å². The molecule has 0 spiro atoms. The zero-order chi connectivity index (χ0) is 13.8. The molecule has 0 aromatic heterocycles. The molecule has 0 saturated heterocycles. The first-order chi connectivity index (χ1) is 9.04. The quantitative estimate of drug-likeness (QED) is 0.894. The number of amides is 1. The van der Waals surface area contributed by atoms with Crippen molar-refractivity contribution in [1.29, 1.82) is 0 Å². The minimum Gasteiger partial charge on any atom is -0.508 e. The number of rotatable bonds is 3. The summed E-state index contributed by atoms with van der Waals surface area (Å²) in [5.41, 5.74) is 1.41. The van der Waals surface area contributed by atoms with Gasteiger partial charge in [-0.3, -0.25) is 4.79 Å². The molecular weight excluding hydrogens is 330 g/mol. The fourth-order valence-corrected chi connectivity index (χ4v) is 2.44. The second kappa shape index (κ2) is 6.08. The zero-order valence-electron chi connectivity index (χ0n) is 9.86. The van der Waals surface area contributed by atoms with Crippen molar-refractivity contribution in [2.75, 3.05) is 0 Å². The molecule has 2 aromatic rings. The number of phenols is 1. The number of carbonyl (C=O) groups excluding carboxylic acids is 1. The Hall–Kier alpha value is -1.52. The minimum absolute atomic E-state index is 0.198. The molecule has 0 unspecified atom stereocenters. The predicted octanol–water partition coefficient (Wildman–Crippen LogP) is 3.74. The second-order valence-corrected chi connectivity index (χ2v) is 5.36.